The maximum absolute atomic E-state index is 11.8. The van der Waals surface area contributed by atoms with Crippen molar-refractivity contribution in [2.24, 2.45) is 0 Å². The van der Waals surface area contributed by atoms with Gasteiger partial charge in [-0.25, -0.2) is 4.98 Å². The lowest BCUT2D eigenvalue weighted by Gasteiger charge is -2.15. The summed E-state index contributed by atoms with van der Waals surface area (Å²) in [5.74, 6) is 2.13. The van der Waals surface area contributed by atoms with Crippen LogP contribution in [0.5, 0.6) is 5.75 Å². The number of aromatic nitrogens is 2. The molecule has 1 aromatic heterocycles. The third-order valence-electron chi connectivity index (χ3n) is 5.28. The molecule has 0 aliphatic rings. The lowest BCUT2D eigenvalue weighted by Crippen LogP contribution is -2.28. The maximum Gasteiger partial charge on any atom is 0.246 e. The normalized spacial score (nSPS) is 11.3. The summed E-state index contributed by atoms with van der Waals surface area (Å²) >= 11 is 0. The fourth-order valence-electron chi connectivity index (χ4n) is 3.67. The first kappa shape index (κ1) is 22.8. The van der Waals surface area contributed by atoms with Crippen molar-refractivity contribution in [3.63, 3.8) is 0 Å². The Labute approximate surface area is 184 Å². The van der Waals surface area contributed by atoms with Crippen molar-refractivity contribution in [2.45, 2.75) is 52.6 Å². The van der Waals surface area contributed by atoms with Crippen molar-refractivity contribution in [1.82, 2.24) is 14.9 Å². The number of nitrogens with zero attached hydrogens (tertiary/aromatic N) is 2. The van der Waals surface area contributed by atoms with Gasteiger partial charge in [0.1, 0.15) is 18.2 Å². The van der Waals surface area contributed by atoms with Gasteiger partial charge >= 0.3 is 0 Å². The minimum atomic E-state index is -0.145. The van der Waals surface area contributed by atoms with E-state index in [9.17, 15) is 4.79 Å². The molecular formula is C25H33N3O3. The van der Waals surface area contributed by atoms with Gasteiger partial charge in [0.05, 0.1) is 24.2 Å². The van der Waals surface area contributed by atoms with Crippen molar-refractivity contribution in [3.05, 3.63) is 59.4 Å². The topological polar surface area (TPSA) is 65.4 Å². The van der Waals surface area contributed by atoms with E-state index in [1.807, 2.05) is 18.2 Å². The van der Waals surface area contributed by atoms with Gasteiger partial charge in [-0.05, 0) is 55.0 Å². The molecule has 0 saturated carbocycles. The van der Waals surface area contributed by atoms with E-state index in [0.717, 1.165) is 42.0 Å². The third kappa shape index (κ3) is 6.07. The molecule has 1 heterocycles. The maximum atomic E-state index is 11.8. The number of ether oxygens (including phenoxy) is 2. The Kier molecular flexibility index (Phi) is 8.06. The lowest BCUT2D eigenvalue weighted by molar-refractivity contribution is -0.124. The number of aryl methyl sites for hydroxylation is 2. The number of carbonyl (C=O) groups excluding carboxylic acids is 1. The fourth-order valence-corrected chi connectivity index (χ4v) is 3.67. The summed E-state index contributed by atoms with van der Waals surface area (Å²) < 4.78 is 13.2. The van der Waals surface area contributed by atoms with E-state index in [2.05, 4.69) is 54.9 Å². The SMILES string of the molecule is COCC(=O)NCc1nc2ccccc2n1CCCCOc1cc(C)ccc1C(C)C. The number of para-hydroxylation sites is 2. The van der Waals surface area contributed by atoms with Crippen LogP contribution in [0.3, 0.4) is 0 Å². The molecule has 0 aliphatic carbocycles. The van der Waals surface area contributed by atoms with Gasteiger partial charge in [-0.2, -0.15) is 0 Å². The summed E-state index contributed by atoms with van der Waals surface area (Å²) in [5, 5.41) is 2.87. The average molecular weight is 424 g/mol. The minimum Gasteiger partial charge on any atom is -0.493 e. The van der Waals surface area contributed by atoms with Crippen LogP contribution in [0.1, 0.15) is 49.6 Å². The Morgan fingerprint density at radius 2 is 1.97 bits per heavy atom. The van der Waals surface area contributed by atoms with Crippen molar-refractivity contribution >= 4 is 16.9 Å². The summed E-state index contributed by atoms with van der Waals surface area (Å²) in [4.78, 5) is 16.5. The fraction of sp³-hybridized carbons (Fsp3) is 0.440. The highest BCUT2D eigenvalue weighted by Crippen LogP contribution is 2.27. The first-order chi connectivity index (χ1) is 15.0. The van der Waals surface area contributed by atoms with Crippen LogP contribution in [0.25, 0.3) is 11.0 Å². The van der Waals surface area contributed by atoms with Gasteiger partial charge in [0.15, 0.2) is 0 Å². The van der Waals surface area contributed by atoms with Crippen LogP contribution in [0.4, 0.5) is 0 Å². The van der Waals surface area contributed by atoms with Crippen molar-refractivity contribution in [1.29, 1.82) is 0 Å². The Hall–Kier alpha value is -2.86. The Balaban J connectivity index is 1.60. The first-order valence-corrected chi connectivity index (χ1v) is 10.9. The first-order valence-electron chi connectivity index (χ1n) is 10.9. The molecule has 6 nitrogen and oxygen atoms in total. The zero-order valence-corrected chi connectivity index (χ0v) is 19.0. The number of methoxy groups -OCH3 is 1. The largest absolute Gasteiger partial charge is 0.493 e. The molecule has 0 bridgehead atoms. The number of hydrogen-bond donors (Lipinski definition) is 1. The smallest absolute Gasteiger partial charge is 0.246 e. The average Bonchev–Trinajstić information content (AvgIpc) is 3.09. The van der Waals surface area contributed by atoms with Crippen LogP contribution < -0.4 is 10.1 Å². The van der Waals surface area contributed by atoms with E-state index >= 15 is 0 Å². The van der Waals surface area contributed by atoms with Gasteiger partial charge < -0.3 is 19.4 Å². The summed E-state index contributed by atoms with van der Waals surface area (Å²) in [5.41, 5.74) is 4.49. The number of nitrogens with one attached hydrogen (secondary N) is 1. The molecule has 166 valence electrons. The minimum absolute atomic E-state index is 0.0505. The Bertz CT molecular complexity index is 1010. The molecule has 3 aromatic rings. The van der Waals surface area contributed by atoms with Gasteiger partial charge in [-0.15, -0.1) is 0 Å². The summed E-state index contributed by atoms with van der Waals surface area (Å²) in [6.45, 7) is 8.40. The molecule has 1 N–H and O–H groups in total. The van der Waals surface area contributed by atoms with Gasteiger partial charge in [-0.1, -0.05) is 38.1 Å². The summed E-state index contributed by atoms with van der Waals surface area (Å²) in [7, 11) is 1.51. The second kappa shape index (κ2) is 11.0. The van der Waals surface area contributed by atoms with E-state index in [0.29, 0.717) is 19.1 Å². The molecule has 0 unspecified atom stereocenters. The third-order valence-corrected chi connectivity index (χ3v) is 5.28. The summed E-state index contributed by atoms with van der Waals surface area (Å²) in [6, 6.07) is 14.5. The zero-order chi connectivity index (χ0) is 22.2. The number of rotatable bonds is 11. The van der Waals surface area contributed by atoms with E-state index in [1.54, 1.807) is 0 Å². The standard InChI is InChI=1S/C25H33N3O3/c1-18(2)20-12-11-19(3)15-23(20)31-14-8-7-13-28-22-10-6-5-9-21(22)27-24(28)16-26-25(29)17-30-4/h5-6,9-12,15,18H,7-8,13-14,16-17H2,1-4H3,(H,26,29). The molecule has 31 heavy (non-hydrogen) atoms. The number of hydrogen-bond acceptors (Lipinski definition) is 4. The van der Waals surface area contributed by atoms with Crippen molar-refractivity contribution in [2.75, 3.05) is 20.3 Å². The van der Waals surface area contributed by atoms with Crippen LogP contribution in [0.15, 0.2) is 42.5 Å². The Morgan fingerprint density at radius 1 is 1.16 bits per heavy atom. The Morgan fingerprint density at radius 3 is 2.74 bits per heavy atom. The number of benzene rings is 2. The molecular weight excluding hydrogens is 390 g/mol. The highest BCUT2D eigenvalue weighted by Gasteiger charge is 2.12. The number of fused-ring (bicyclic) bond motifs is 1. The van der Waals surface area contributed by atoms with Gasteiger partial charge in [0.2, 0.25) is 5.91 Å². The molecule has 0 aliphatic heterocycles. The highest BCUT2D eigenvalue weighted by atomic mass is 16.5. The molecule has 0 radical (unpaired) electrons. The predicted octanol–water partition coefficient (Wildman–Crippen LogP) is 4.59. The number of unbranched alkanes of at least 4 members (excludes halogenated alkanes) is 1. The molecule has 1 amide bonds. The zero-order valence-electron chi connectivity index (χ0n) is 19.0. The highest BCUT2D eigenvalue weighted by molar-refractivity contribution is 5.78. The van der Waals surface area contributed by atoms with Crippen LogP contribution in [-0.2, 0) is 22.6 Å². The van der Waals surface area contributed by atoms with Crippen molar-refractivity contribution < 1.29 is 14.3 Å². The molecule has 0 fully saturated rings. The van der Waals surface area contributed by atoms with Crippen LogP contribution >= 0.6 is 0 Å². The van der Waals surface area contributed by atoms with Gasteiger partial charge in [0, 0.05) is 13.7 Å². The second-order valence-corrected chi connectivity index (χ2v) is 8.13. The van der Waals surface area contributed by atoms with Gasteiger partial charge in [-0.3, -0.25) is 4.79 Å². The van der Waals surface area contributed by atoms with E-state index in [1.165, 1.54) is 18.2 Å². The molecule has 2 aromatic carbocycles. The van der Waals surface area contributed by atoms with Crippen molar-refractivity contribution in [3.8, 4) is 5.75 Å². The van der Waals surface area contributed by atoms with Crippen LogP contribution in [0.2, 0.25) is 0 Å². The monoisotopic (exact) mass is 423 g/mol. The quantitative estimate of drug-likeness (QED) is 0.458. The number of amides is 1. The molecule has 0 atom stereocenters. The predicted molar refractivity (Wildman–Crippen MR) is 123 cm³/mol. The molecule has 0 spiro atoms. The number of imidazole rings is 1. The molecule has 6 heteroatoms. The molecule has 3 rings (SSSR count). The summed E-state index contributed by atoms with van der Waals surface area (Å²) in [6.07, 6.45) is 1.90. The number of carbonyl (C=O) groups is 1. The van der Waals surface area contributed by atoms with E-state index < -0.39 is 0 Å². The van der Waals surface area contributed by atoms with Crippen LogP contribution in [-0.4, -0.2) is 35.8 Å². The van der Waals surface area contributed by atoms with E-state index in [-0.39, 0.29) is 12.5 Å². The molecule has 0 saturated heterocycles. The second-order valence-electron chi connectivity index (χ2n) is 8.13. The lowest BCUT2D eigenvalue weighted by atomic mass is 10.0. The van der Waals surface area contributed by atoms with Crippen LogP contribution in [0, 0.1) is 6.92 Å². The van der Waals surface area contributed by atoms with E-state index in [4.69, 9.17) is 14.5 Å². The van der Waals surface area contributed by atoms with Gasteiger partial charge in [0.25, 0.3) is 0 Å².